The molecule has 0 radical (unpaired) electrons. The van der Waals surface area contributed by atoms with Gasteiger partial charge in [0.05, 0.1) is 19.8 Å². The Labute approximate surface area is 476 Å². The fourth-order valence-electron chi connectivity index (χ4n) is 8.30. The Morgan fingerprint density at radius 3 is 1.04 bits per heavy atom. The standard InChI is InChI=1S/C66H113O11P/c1-4-7-10-13-16-19-22-25-28-30-31-33-36-39-42-45-48-51-54-57-66(70)77-63(59-73-64(68)55-52-49-46-43-40-37-35-32-29-26-23-20-17-14-11-8-5-2)61-75-78(71,72)74-60-62(58-67)76-65(69)56-53-50-47-44-41-38-34-27-24-21-18-15-12-9-6-3/h7-8,10-11,16-17,19-20,25-29,31,33-34,62-63,67H,4-6,9,12-15,18,21-24,30,32,35-61H2,1-3H3,(H,71,72)/b10-7-,11-8-,19-16-,20-17-,28-25-,29-26-,33-31-,34-27-. The van der Waals surface area contributed by atoms with Crippen LogP contribution in [-0.2, 0) is 42.2 Å². The van der Waals surface area contributed by atoms with Gasteiger partial charge in [0.1, 0.15) is 12.7 Å². The van der Waals surface area contributed by atoms with Gasteiger partial charge in [-0.1, -0.05) is 227 Å². The Balaban J connectivity index is 4.76. The number of aliphatic hydroxyl groups excluding tert-OH is 1. The molecule has 3 unspecified atom stereocenters. The van der Waals surface area contributed by atoms with Crippen molar-refractivity contribution in [3.05, 3.63) is 97.2 Å². The van der Waals surface area contributed by atoms with Crippen molar-refractivity contribution in [3.8, 4) is 0 Å². The van der Waals surface area contributed by atoms with Crippen molar-refractivity contribution >= 4 is 25.7 Å². The molecule has 0 saturated heterocycles. The Hall–Kier alpha value is -3.60. The van der Waals surface area contributed by atoms with E-state index in [0.717, 1.165) is 154 Å². The Bertz CT molecular complexity index is 1680. The summed E-state index contributed by atoms with van der Waals surface area (Å²) in [7, 11) is -4.76. The molecule has 0 fully saturated rings. The fraction of sp³-hybridized carbons (Fsp3) is 0.712. The minimum atomic E-state index is -4.76. The van der Waals surface area contributed by atoms with Gasteiger partial charge < -0.3 is 24.2 Å². The van der Waals surface area contributed by atoms with Crippen molar-refractivity contribution in [1.82, 2.24) is 0 Å². The summed E-state index contributed by atoms with van der Waals surface area (Å²) in [6, 6.07) is 0. The van der Waals surface area contributed by atoms with E-state index in [0.29, 0.717) is 19.3 Å². The molecule has 0 amide bonds. The number of hydrogen-bond acceptors (Lipinski definition) is 10. The van der Waals surface area contributed by atoms with E-state index in [1.54, 1.807) is 0 Å². The minimum absolute atomic E-state index is 0.145. The lowest BCUT2D eigenvalue weighted by atomic mass is 10.1. The number of rotatable bonds is 57. The summed E-state index contributed by atoms with van der Waals surface area (Å²) in [6.07, 6.45) is 70.7. The van der Waals surface area contributed by atoms with Crippen molar-refractivity contribution in [2.24, 2.45) is 0 Å². The summed E-state index contributed by atoms with van der Waals surface area (Å²) in [5.41, 5.74) is 0. The predicted octanol–water partition coefficient (Wildman–Crippen LogP) is 18.8. The monoisotopic (exact) mass is 1110 g/mol. The quantitative estimate of drug-likeness (QED) is 0.0197. The molecule has 11 nitrogen and oxygen atoms in total. The number of phosphoric ester groups is 1. The van der Waals surface area contributed by atoms with Gasteiger partial charge >= 0.3 is 25.7 Å². The van der Waals surface area contributed by atoms with Gasteiger partial charge in [0.25, 0.3) is 0 Å². The molecule has 0 aromatic heterocycles. The van der Waals surface area contributed by atoms with Gasteiger partial charge in [0.2, 0.25) is 0 Å². The molecular weight excluding hydrogens is 1000 g/mol. The summed E-state index contributed by atoms with van der Waals surface area (Å²) in [4.78, 5) is 48.7. The summed E-state index contributed by atoms with van der Waals surface area (Å²) in [5.74, 6) is -1.50. The number of carbonyl (C=O) groups is 3. The van der Waals surface area contributed by atoms with Crippen molar-refractivity contribution < 1.29 is 52.2 Å². The first kappa shape index (κ1) is 74.4. The predicted molar refractivity (Wildman–Crippen MR) is 325 cm³/mol. The topological polar surface area (TPSA) is 155 Å². The maximum absolute atomic E-state index is 12.9. The van der Waals surface area contributed by atoms with Crippen LogP contribution in [0.4, 0.5) is 0 Å². The summed E-state index contributed by atoms with van der Waals surface area (Å²) >= 11 is 0. The number of ether oxygens (including phenoxy) is 3. The van der Waals surface area contributed by atoms with Gasteiger partial charge in [-0.15, -0.1) is 0 Å². The average molecular weight is 1110 g/mol. The van der Waals surface area contributed by atoms with Gasteiger partial charge in [-0.2, -0.15) is 0 Å². The Kier molecular flexibility index (Phi) is 56.8. The molecule has 0 aliphatic carbocycles. The first-order valence-corrected chi connectivity index (χ1v) is 32.6. The molecule has 0 aliphatic heterocycles. The highest BCUT2D eigenvalue weighted by Gasteiger charge is 2.28. The zero-order valence-electron chi connectivity index (χ0n) is 49.6. The largest absolute Gasteiger partial charge is 0.472 e. The van der Waals surface area contributed by atoms with E-state index < -0.39 is 57.8 Å². The van der Waals surface area contributed by atoms with E-state index in [4.69, 9.17) is 23.3 Å². The molecule has 0 bridgehead atoms. The van der Waals surface area contributed by atoms with Gasteiger partial charge in [-0.25, -0.2) is 4.57 Å². The van der Waals surface area contributed by atoms with Crippen molar-refractivity contribution in [2.75, 3.05) is 26.4 Å². The third kappa shape index (κ3) is 57.1. The fourth-order valence-corrected chi connectivity index (χ4v) is 9.08. The molecule has 0 rings (SSSR count). The molecule has 12 heteroatoms. The van der Waals surface area contributed by atoms with E-state index in [-0.39, 0.29) is 25.9 Å². The molecule has 3 atom stereocenters. The lowest BCUT2D eigenvalue weighted by molar-refractivity contribution is -0.161. The third-order valence-electron chi connectivity index (χ3n) is 13.0. The molecule has 2 N–H and O–H groups in total. The summed E-state index contributed by atoms with van der Waals surface area (Å²) in [5, 5.41) is 9.84. The molecule has 448 valence electrons. The van der Waals surface area contributed by atoms with Crippen LogP contribution in [0.15, 0.2) is 97.2 Å². The van der Waals surface area contributed by atoms with Crippen LogP contribution in [0.1, 0.15) is 265 Å². The van der Waals surface area contributed by atoms with Crippen molar-refractivity contribution in [3.63, 3.8) is 0 Å². The van der Waals surface area contributed by atoms with Crippen molar-refractivity contribution in [1.29, 1.82) is 0 Å². The number of aliphatic hydroxyl groups is 1. The highest BCUT2D eigenvalue weighted by molar-refractivity contribution is 7.47. The smallest absolute Gasteiger partial charge is 0.462 e. The van der Waals surface area contributed by atoms with E-state index in [1.807, 2.05) is 0 Å². The van der Waals surface area contributed by atoms with Crippen LogP contribution in [-0.4, -0.2) is 66.5 Å². The van der Waals surface area contributed by atoms with Crippen molar-refractivity contribution in [2.45, 2.75) is 277 Å². The highest BCUT2D eigenvalue weighted by atomic mass is 31.2. The zero-order valence-corrected chi connectivity index (χ0v) is 50.5. The number of phosphoric acid groups is 1. The van der Waals surface area contributed by atoms with Crippen LogP contribution in [0.3, 0.4) is 0 Å². The molecule has 0 aromatic carbocycles. The van der Waals surface area contributed by atoms with Crippen LogP contribution in [0, 0.1) is 0 Å². The first-order chi connectivity index (χ1) is 38.2. The molecular formula is C66H113O11P. The average Bonchev–Trinajstić information content (AvgIpc) is 3.43. The summed E-state index contributed by atoms with van der Waals surface area (Å²) in [6.45, 7) is 4.40. The molecule has 0 spiro atoms. The molecule has 0 saturated carbocycles. The lowest BCUT2D eigenvalue weighted by Crippen LogP contribution is -2.30. The maximum Gasteiger partial charge on any atom is 0.472 e. The number of hydrogen-bond donors (Lipinski definition) is 2. The molecule has 0 aromatic rings. The minimum Gasteiger partial charge on any atom is -0.462 e. The number of carbonyl (C=O) groups excluding carboxylic acids is 3. The van der Waals surface area contributed by atoms with E-state index >= 15 is 0 Å². The Morgan fingerprint density at radius 1 is 0.372 bits per heavy atom. The van der Waals surface area contributed by atoms with Crippen LogP contribution in [0.25, 0.3) is 0 Å². The molecule has 0 heterocycles. The second kappa shape index (κ2) is 59.5. The van der Waals surface area contributed by atoms with Crippen LogP contribution in [0.5, 0.6) is 0 Å². The Morgan fingerprint density at radius 2 is 0.667 bits per heavy atom. The third-order valence-corrected chi connectivity index (χ3v) is 13.9. The first-order valence-electron chi connectivity index (χ1n) is 31.1. The zero-order chi connectivity index (χ0) is 56.9. The van der Waals surface area contributed by atoms with Gasteiger partial charge in [0.15, 0.2) is 6.10 Å². The number of esters is 3. The SMILES string of the molecule is CC/C=C\C/C=C\C/C=C\C/C=C\CCCCCCCCC(=O)OC(COC(=O)CCCCCCCCC/C=C\C/C=C\C/C=C\CC)COP(=O)(O)OCC(CO)OC(=O)CCCCCCC/C=C\CCCCCCCC. The van der Waals surface area contributed by atoms with Crippen LogP contribution < -0.4 is 0 Å². The maximum atomic E-state index is 12.9. The van der Waals surface area contributed by atoms with Gasteiger partial charge in [-0.05, 0) is 116 Å². The molecule has 0 aliphatic rings. The summed E-state index contributed by atoms with van der Waals surface area (Å²) < 4.78 is 39.6. The van der Waals surface area contributed by atoms with Gasteiger partial charge in [-0.3, -0.25) is 23.4 Å². The lowest BCUT2D eigenvalue weighted by Gasteiger charge is -2.21. The second-order valence-electron chi connectivity index (χ2n) is 20.5. The number of unbranched alkanes of at least 4 members (excludes halogenated alkanes) is 24. The highest BCUT2D eigenvalue weighted by Crippen LogP contribution is 2.43. The van der Waals surface area contributed by atoms with Gasteiger partial charge in [0, 0.05) is 19.3 Å². The number of allylic oxidation sites excluding steroid dienone is 16. The molecule has 78 heavy (non-hydrogen) atoms. The van der Waals surface area contributed by atoms with Crippen LogP contribution in [0.2, 0.25) is 0 Å². The second-order valence-corrected chi connectivity index (χ2v) is 21.9. The van der Waals surface area contributed by atoms with E-state index in [2.05, 4.69) is 118 Å². The van der Waals surface area contributed by atoms with E-state index in [9.17, 15) is 28.9 Å². The van der Waals surface area contributed by atoms with E-state index in [1.165, 1.54) is 51.4 Å². The normalized spacial score (nSPS) is 14.0. The van der Waals surface area contributed by atoms with Crippen LogP contribution >= 0.6 is 7.82 Å².